The van der Waals surface area contributed by atoms with E-state index in [0.717, 1.165) is 23.8 Å². The molecule has 158 valence electrons. The molecule has 2 fully saturated rings. The van der Waals surface area contributed by atoms with Gasteiger partial charge in [-0.05, 0) is 24.3 Å². The first-order chi connectivity index (χ1) is 14.5. The Kier molecular flexibility index (Phi) is 5.83. The number of carbonyl (C=O) groups excluding carboxylic acids is 2. The zero-order chi connectivity index (χ0) is 21.3. The third kappa shape index (κ3) is 3.70. The molecule has 7 nitrogen and oxygen atoms in total. The third-order valence-corrected chi connectivity index (χ3v) is 6.02. The average Bonchev–Trinajstić information content (AvgIpc) is 3.07. The van der Waals surface area contributed by atoms with E-state index in [4.69, 9.17) is 21.1 Å². The van der Waals surface area contributed by atoms with Crippen LogP contribution in [0.2, 0.25) is 5.02 Å². The summed E-state index contributed by atoms with van der Waals surface area (Å²) in [5.41, 5.74) is 1.50. The van der Waals surface area contributed by atoms with Gasteiger partial charge in [0.05, 0.1) is 43.1 Å². The van der Waals surface area contributed by atoms with E-state index >= 15 is 0 Å². The number of benzene rings is 2. The normalized spacial score (nSPS) is 20.0. The first-order valence-electron chi connectivity index (χ1n) is 9.86. The van der Waals surface area contributed by atoms with Crippen LogP contribution < -0.4 is 19.3 Å². The number of anilines is 2. The van der Waals surface area contributed by atoms with Gasteiger partial charge < -0.3 is 14.4 Å². The predicted molar refractivity (Wildman–Crippen MR) is 116 cm³/mol. The number of para-hydroxylation sites is 1. The number of hydrogen-bond donors (Lipinski definition) is 0. The van der Waals surface area contributed by atoms with Crippen molar-refractivity contribution < 1.29 is 19.1 Å². The van der Waals surface area contributed by atoms with Crippen molar-refractivity contribution in [3.8, 4) is 11.5 Å². The lowest BCUT2D eigenvalue weighted by Gasteiger charge is -2.38. The highest BCUT2D eigenvalue weighted by Crippen LogP contribution is 2.34. The molecular formula is C22H24ClN3O4. The second-order valence-electron chi connectivity index (χ2n) is 7.30. The topological polar surface area (TPSA) is 62.3 Å². The molecule has 2 saturated heterocycles. The molecule has 2 amide bonds. The standard InChI is InChI=1S/C22H24ClN3O4/c1-29-19-8-7-15(13-20(19)30-2)26-21(27)14-18(22(26)28)25-11-9-24(10-12-25)17-6-4-3-5-16(17)23/h3-8,13,18H,9-12,14H2,1-2H3. The molecule has 1 atom stereocenters. The van der Waals surface area contributed by atoms with Crippen molar-refractivity contribution in [1.82, 2.24) is 4.90 Å². The second-order valence-corrected chi connectivity index (χ2v) is 7.71. The number of rotatable bonds is 5. The van der Waals surface area contributed by atoms with Gasteiger partial charge in [0.25, 0.3) is 5.91 Å². The summed E-state index contributed by atoms with van der Waals surface area (Å²) in [7, 11) is 3.07. The van der Waals surface area contributed by atoms with Crippen LogP contribution in [0.4, 0.5) is 11.4 Å². The van der Waals surface area contributed by atoms with E-state index in [2.05, 4.69) is 9.80 Å². The summed E-state index contributed by atoms with van der Waals surface area (Å²) in [5, 5.41) is 0.720. The minimum absolute atomic E-state index is 0.180. The lowest BCUT2D eigenvalue weighted by molar-refractivity contribution is -0.123. The lowest BCUT2D eigenvalue weighted by atomic mass is 10.1. The fraction of sp³-hybridized carbons (Fsp3) is 0.364. The first-order valence-corrected chi connectivity index (χ1v) is 10.2. The van der Waals surface area contributed by atoms with Gasteiger partial charge in [0, 0.05) is 32.2 Å². The number of nitrogens with zero attached hydrogens (tertiary/aromatic N) is 3. The summed E-state index contributed by atoms with van der Waals surface area (Å²) < 4.78 is 10.6. The summed E-state index contributed by atoms with van der Waals surface area (Å²) in [4.78, 5) is 31.4. The van der Waals surface area contributed by atoms with Crippen molar-refractivity contribution in [2.75, 3.05) is 50.2 Å². The van der Waals surface area contributed by atoms with Gasteiger partial charge in [0.15, 0.2) is 11.5 Å². The maximum Gasteiger partial charge on any atom is 0.251 e. The predicted octanol–water partition coefficient (Wildman–Crippen LogP) is 2.81. The van der Waals surface area contributed by atoms with Crippen LogP contribution in [0.3, 0.4) is 0 Å². The minimum Gasteiger partial charge on any atom is -0.493 e. The summed E-state index contributed by atoms with van der Waals surface area (Å²) in [6, 6.07) is 12.4. The summed E-state index contributed by atoms with van der Waals surface area (Å²) in [5.74, 6) is 0.629. The first kappa shape index (κ1) is 20.5. The van der Waals surface area contributed by atoms with Gasteiger partial charge in [-0.2, -0.15) is 0 Å². The smallest absolute Gasteiger partial charge is 0.251 e. The van der Waals surface area contributed by atoms with Crippen LogP contribution in [0.15, 0.2) is 42.5 Å². The molecule has 0 saturated carbocycles. The van der Waals surface area contributed by atoms with Gasteiger partial charge >= 0.3 is 0 Å². The summed E-state index contributed by atoms with van der Waals surface area (Å²) >= 11 is 6.32. The number of methoxy groups -OCH3 is 2. The molecule has 8 heteroatoms. The molecule has 0 aromatic heterocycles. The number of imide groups is 1. The summed E-state index contributed by atoms with van der Waals surface area (Å²) in [6.45, 7) is 2.87. The van der Waals surface area contributed by atoms with Crippen LogP contribution in [-0.2, 0) is 9.59 Å². The molecule has 2 aromatic rings. The highest BCUT2D eigenvalue weighted by atomic mass is 35.5. The fourth-order valence-electron chi connectivity index (χ4n) is 4.12. The highest BCUT2D eigenvalue weighted by molar-refractivity contribution is 6.33. The molecule has 2 heterocycles. The highest BCUT2D eigenvalue weighted by Gasteiger charge is 2.43. The van der Waals surface area contributed by atoms with Crippen molar-refractivity contribution in [3.05, 3.63) is 47.5 Å². The molecule has 2 aliphatic rings. The van der Waals surface area contributed by atoms with Gasteiger partial charge in [0.2, 0.25) is 5.91 Å². The molecule has 2 aromatic carbocycles. The molecular weight excluding hydrogens is 406 g/mol. The number of ether oxygens (including phenoxy) is 2. The summed E-state index contributed by atoms with van der Waals surface area (Å²) in [6.07, 6.45) is 0.180. The van der Waals surface area contributed by atoms with Gasteiger partial charge in [-0.25, -0.2) is 4.90 Å². The van der Waals surface area contributed by atoms with Crippen molar-refractivity contribution in [1.29, 1.82) is 0 Å². The molecule has 30 heavy (non-hydrogen) atoms. The zero-order valence-electron chi connectivity index (χ0n) is 17.0. The number of hydrogen-bond acceptors (Lipinski definition) is 6. The van der Waals surface area contributed by atoms with Crippen LogP contribution in [0.1, 0.15) is 6.42 Å². The molecule has 0 radical (unpaired) electrons. The van der Waals surface area contributed by atoms with Gasteiger partial charge in [-0.15, -0.1) is 0 Å². The Balaban J connectivity index is 1.47. The number of carbonyl (C=O) groups is 2. The van der Waals surface area contributed by atoms with Crippen LogP contribution in [0.5, 0.6) is 11.5 Å². The van der Waals surface area contributed by atoms with Crippen molar-refractivity contribution in [3.63, 3.8) is 0 Å². The maximum atomic E-state index is 13.1. The molecule has 0 N–H and O–H groups in total. The monoisotopic (exact) mass is 429 g/mol. The molecule has 0 bridgehead atoms. The van der Waals surface area contributed by atoms with E-state index in [-0.39, 0.29) is 18.2 Å². The third-order valence-electron chi connectivity index (χ3n) is 5.70. The molecule has 1 unspecified atom stereocenters. The quantitative estimate of drug-likeness (QED) is 0.681. The minimum atomic E-state index is -0.445. The molecule has 0 aliphatic carbocycles. The number of halogens is 1. The van der Waals surface area contributed by atoms with Crippen LogP contribution in [0, 0.1) is 0 Å². The average molecular weight is 430 g/mol. The lowest BCUT2D eigenvalue weighted by Crippen LogP contribution is -2.52. The number of amides is 2. The van der Waals surface area contributed by atoms with Gasteiger partial charge in [-0.1, -0.05) is 23.7 Å². The molecule has 0 spiro atoms. The van der Waals surface area contributed by atoms with Crippen molar-refractivity contribution >= 4 is 34.8 Å². The van der Waals surface area contributed by atoms with Crippen LogP contribution >= 0.6 is 11.6 Å². The Morgan fingerprint density at radius 1 is 0.933 bits per heavy atom. The van der Waals surface area contributed by atoms with E-state index in [0.29, 0.717) is 30.3 Å². The largest absolute Gasteiger partial charge is 0.493 e. The SMILES string of the molecule is COc1ccc(N2C(=O)CC(N3CCN(c4ccccc4Cl)CC3)C2=O)cc1OC. The Hall–Kier alpha value is -2.77. The van der Waals surface area contributed by atoms with E-state index in [9.17, 15) is 9.59 Å². The van der Waals surface area contributed by atoms with E-state index in [1.165, 1.54) is 12.0 Å². The second kappa shape index (κ2) is 8.53. The Morgan fingerprint density at radius 2 is 1.63 bits per heavy atom. The zero-order valence-corrected chi connectivity index (χ0v) is 17.8. The number of piperazine rings is 1. The van der Waals surface area contributed by atoms with Gasteiger partial charge in [0.1, 0.15) is 0 Å². The van der Waals surface area contributed by atoms with E-state index in [1.807, 2.05) is 24.3 Å². The van der Waals surface area contributed by atoms with Crippen molar-refractivity contribution in [2.45, 2.75) is 12.5 Å². The van der Waals surface area contributed by atoms with Crippen molar-refractivity contribution in [2.24, 2.45) is 0 Å². The Labute approximate surface area is 180 Å². The van der Waals surface area contributed by atoms with E-state index in [1.54, 1.807) is 25.3 Å². The van der Waals surface area contributed by atoms with E-state index < -0.39 is 6.04 Å². The van der Waals surface area contributed by atoms with Crippen LogP contribution in [-0.4, -0.2) is 63.2 Å². The molecule has 2 aliphatic heterocycles. The Morgan fingerprint density at radius 3 is 2.30 bits per heavy atom. The maximum absolute atomic E-state index is 13.1. The van der Waals surface area contributed by atoms with Gasteiger partial charge in [-0.3, -0.25) is 14.5 Å². The molecule has 4 rings (SSSR count). The van der Waals surface area contributed by atoms with Crippen LogP contribution in [0.25, 0.3) is 0 Å². The Bertz CT molecular complexity index is 959. The fourth-order valence-corrected chi connectivity index (χ4v) is 4.37.